The highest BCUT2D eigenvalue weighted by molar-refractivity contribution is 5.98. The molecule has 0 radical (unpaired) electrons. The van der Waals surface area contributed by atoms with Gasteiger partial charge in [-0.1, -0.05) is 18.2 Å². The predicted octanol–water partition coefficient (Wildman–Crippen LogP) is 2.18. The quantitative estimate of drug-likeness (QED) is 0.620. The molecule has 5 N–H and O–H groups in total. The van der Waals surface area contributed by atoms with Crippen LogP contribution in [0.2, 0.25) is 0 Å². The first-order valence-corrected chi connectivity index (χ1v) is 9.04. The summed E-state index contributed by atoms with van der Waals surface area (Å²) in [5, 5.41) is 9.40. The second kappa shape index (κ2) is 8.48. The van der Waals surface area contributed by atoms with Crippen molar-refractivity contribution < 1.29 is 9.59 Å². The van der Waals surface area contributed by atoms with E-state index in [4.69, 9.17) is 5.73 Å². The molecule has 8 nitrogen and oxygen atoms in total. The van der Waals surface area contributed by atoms with Gasteiger partial charge in [0.1, 0.15) is 11.4 Å². The third-order valence-corrected chi connectivity index (χ3v) is 4.56. The zero-order valence-electron chi connectivity index (χ0n) is 15.2. The molecule has 0 saturated heterocycles. The Morgan fingerprint density at radius 3 is 2.37 bits per heavy atom. The van der Waals surface area contributed by atoms with Crippen LogP contribution in [0.4, 0.5) is 17.5 Å². The van der Waals surface area contributed by atoms with Crippen molar-refractivity contribution in [3.63, 3.8) is 0 Å². The number of carbonyl (C=O) groups excluding carboxylic acids is 2. The maximum atomic E-state index is 11.7. The Morgan fingerprint density at radius 2 is 1.74 bits per heavy atom. The van der Waals surface area contributed by atoms with E-state index in [0.29, 0.717) is 11.8 Å². The van der Waals surface area contributed by atoms with Gasteiger partial charge in [0.2, 0.25) is 11.9 Å². The minimum absolute atomic E-state index is 0.00779. The summed E-state index contributed by atoms with van der Waals surface area (Å²) in [7, 11) is 0. The van der Waals surface area contributed by atoms with Gasteiger partial charge in [0.15, 0.2) is 0 Å². The highest BCUT2D eigenvalue weighted by Gasteiger charge is 2.22. The third-order valence-electron chi connectivity index (χ3n) is 4.56. The Morgan fingerprint density at radius 1 is 1.07 bits per heavy atom. The average Bonchev–Trinajstić information content (AvgIpc) is 2.64. The summed E-state index contributed by atoms with van der Waals surface area (Å²) in [5.41, 5.74) is 6.48. The second-order valence-electron chi connectivity index (χ2n) is 6.70. The number of hydrogen-bond donors (Lipinski definition) is 4. The van der Waals surface area contributed by atoms with Crippen LogP contribution >= 0.6 is 0 Å². The first kappa shape index (κ1) is 18.6. The van der Waals surface area contributed by atoms with Crippen molar-refractivity contribution in [2.24, 2.45) is 5.73 Å². The number of nitrogens with zero attached hydrogens (tertiary/aromatic N) is 2. The maximum Gasteiger partial charge on any atom is 0.254 e. The zero-order chi connectivity index (χ0) is 19.2. The smallest absolute Gasteiger partial charge is 0.254 e. The summed E-state index contributed by atoms with van der Waals surface area (Å²) in [6.07, 6.45) is 5.07. The topological polar surface area (TPSA) is 122 Å². The van der Waals surface area contributed by atoms with Crippen LogP contribution in [-0.4, -0.2) is 33.9 Å². The molecular weight excluding hydrogens is 344 g/mol. The van der Waals surface area contributed by atoms with Gasteiger partial charge in [-0.25, -0.2) is 4.98 Å². The molecule has 1 fully saturated rings. The van der Waals surface area contributed by atoms with Crippen LogP contribution in [0.1, 0.15) is 43.0 Å². The van der Waals surface area contributed by atoms with Gasteiger partial charge in [-0.15, -0.1) is 0 Å². The van der Waals surface area contributed by atoms with Gasteiger partial charge in [0.25, 0.3) is 5.91 Å². The number of carbonyl (C=O) groups is 2. The molecule has 0 atom stereocenters. The van der Waals surface area contributed by atoms with Crippen molar-refractivity contribution in [3.8, 4) is 0 Å². The Hall–Kier alpha value is -3.16. The van der Waals surface area contributed by atoms with Crippen molar-refractivity contribution in [2.75, 3.05) is 10.6 Å². The number of nitrogens with one attached hydrogen (secondary N) is 3. The van der Waals surface area contributed by atoms with E-state index in [1.807, 2.05) is 30.3 Å². The fraction of sp³-hybridized carbons (Fsp3) is 0.368. The number of benzene rings is 1. The van der Waals surface area contributed by atoms with Gasteiger partial charge < -0.3 is 21.7 Å². The van der Waals surface area contributed by atoms with Gasteiger partial charge in [0, 0.05) is 30.9 Å². The van der Waals surface area contributed by atoms with Gasteiger partial charge >= 0.3 is 0 Å². The Bertz CT molecular complexity index is 803. The van der Waals surface area contributed by atoms with Crippen LogP contribution < -0.4 is 21.7 Å². The molecule has 3 rings (SSSR count). The van der Waals surface area contributed by atoms with Crippen LogP contribution in [0.25, 0.3) is 0 Å². The molecule has 1 aromatic heterocycles. The van der Waals surface area contributed by atoms with E-state index >= 15 is 0 Å². The molecule has 1 saturated carbocycles. The van der Waals surface area contributed by atoms with E-state index in [1.54, 1.807) is 6.92 Å². The molecule has 27 heavy (non-hydrogen) atoms. The lowest BCUT2D eigenvalue weighted by Crippen LogP contribution is -2.39. The van der Waals surface area contributed by atoms with E-state index < -0.39 is 5.91 Å². The van der Waals surface area contributed by atoms with Crippen molar-refractivity contribution in [1.82, 2.24) is 15.3 Å². The molecule has 2 amide bonds. The summed E-state index contributed by atoms with van der Waals surface area (Å²) in [6, 6.07) is 9.89. The number of primary amides is 1. The fourth-order valence-corrected chi connectivity index (χ4v) is 3.24. The number of hydrogen-bond acceptors (Lipinski definition) is 6. The minimum atomic E-state index is -0.587. The van der Waals surface area contributed by atoms with Crippen LogP contribution in [0, 0.1) is 0 Å². The van der Waals surface area contributed by atoms with Gasteiger partial charge in [0.05, 0.1) is 0 Å². The summed E-state index contributed by atoms with van der Waals surface area (Å²) >= 11 is 0. The average molecular weight is 368 g/mol. The molecule has 2 aromatic rings. The van der Waals surface area contributed by atoms with Crippen molar-refractivity contribution >= 4 is 29.3 Å². The lowest BCUT2D eigenvalue weighted by Gasteiger charge is -2.29. The highest BCUT2D eigenvalue weighted by atomic mass is 16.1. The number of nitrogens with two attached hydrogens (primary N) is 1. The maximum absolute atomic E-state index is 11.7. The largest absolute Gasteiger partial charge is 0.365 e. The summed E-state index contributed by atoms with van der Waals surface area (Å²) in [4.78, 5) is 31.5. The Labute approximate surface area is 158 Å². The van der Waals surface area contributed by atoms with Crippen molar-refractivity contribution in [3.05, 3.63) is 42.1 Å². The molecule has 0 spiro atoms. The van der Waals surface area contributed by atoms with Gasteiger partial charge in [-0.2, -0.15) is 4.98 Å². The molecule has 0 bridgehead atoms. The molecule has 142 valence electrons. The first-order valence-electron chi connectivity index (χ1n) is 9.04. The Kier molecular flexibility index (Phi) is 5.85. The van der Waals surface area contributed by atoms with E-state index in [1.165, 1.54) is 6.20 Å². The van der Waals surface area contributed by atoms with Crippen molar-refractivity contribution in [1.29, 1.82) is 0 Å². The van der Waals surface area contributed by atoms with Crippen LogP contribution in [0.5, 0.6) is 0 Å². The van der Waals surface area contributed by atoms with E-state index in [-0.39, 0.29) is 23.6 Å². The van der Waals surface area contributed by atoms with Crippen LogP contribution in [0.3, 0.4) is 0 Å². The summed E-state index contributed by atoms with van der Waals surface area (Å²) in [5.74, 6) is 0.240. The van der Waals surface area contributed by atoms with Crippen molar-refractivity contribution in [2.45, 2.75) is 44.7 Å². The van der Waals surface area contributed by atoms with Gasteiger partial charge in [-0.05, 0) is 37.8 Å². The minimum Gasteiger partial charge on any atom is -0.365 e. The lowest BCUT2D eigenvalue weighted by atomic mass is 9.91. The number of anilines is 3. The number of para-hydroxylation sites is 1. The molecule has 1 heterocycles. The lowest BCUT2D eigenvalue weighted by molar-refractivity contribution is -0.119. The molecule has 1 aliphatic carbocycles. The molecule has 1 aliphatic rings. The number of amides is 2. The first-order chi connectivity index (χ1) is 13.0. The monoisotopic (exact) mass is 368 g/mol. The third kappa shape index (κ3) is 5.16. The number of aromatic nitrogens is 2. The molecule has 1 aromatic carbocycles. The van der Waals surface area contributed by atoms with E-state index in [0.717, 1.165) is 31.4 Å². The zero-order valence-corrected chi connectivity index (χ0v) is 15.2. The highest BCUT2D eigenvalue weighted by Crippen LogP contribution is 2.23. The number of rotatable bonds is 6. The normalized spacial score (nSPS) is 19.1. The molecular formula is C19H24N6O2. The fourth-order valence-electron chi connectivity index (χ4n) is 3.24. The SMILES string of the molecule is CC(=O)NC1CCC(Nc2ncc(C(N)=O)c(Nc3ccccc3)n2)CC1. The predicted molar refractivity (Wildman–Crippen MR) is 104 cm³/mol. The molecule has 0 aliphatic heterocycles. The summed E-state index contributed by atoms with van der Waals surface area (Å²) < 4.78 is 0. The standard InChI is InChI=1S/C19H24N6O2/c1-12(26)22-14-7-9-15(10-8-14)24-19-21-11-16(17(20)27)18(25-19)23-13-5-3-2-4-6-13/h2-6,11,14-15H,7-10H2,1H3,(H2,20,27)(H,22,26)(H2,21,23,24,25). The molecule has 0 unspecified atom stereocenters. The molecule has 8 heteroatoms. The second-order valence-corrected chi connectivity index (χ2v) is 6.70. The van der Waals surface area contributed by atoms with E-state index in [9.17, 15) is 9.59 Å². The van der Waals surface area contributed by atoms with E-state index in [2.05, 4.69) is 25.9 Å². The van der Waals surface area contributed by atoms with Crippen LogP contribution in [0.15, 0.2) is 36.5 Å². The van der Waals surface area contributed by atoms with Gasteiger partial charge in [-0.3, -0.25) is 9.59 Å². The van der Waals surface area contributed by atoms with Crippen LogP contribution in [-0.2, 0) is 4.79 Å². The Balaban J connectivity index is 1.69. The summed E-state index contributed by atoms with van der Waals surface area (Å²) in [6.45, 7) is 1.54.